The Labute approximate surface area is 202 Å². The minimum atomic E-state index is -0.654. The molecular weight excluding hydrogens is 424 g/mol. The second kappa shape index (κ2) is 12.0. The fourth-order valence-electron chi connectivity index (χ4n) is 3.98. The Bertz CT molecular complexity index is 1070. The number of benzene rings is 3. The van der Waals surface area contributed by atoms with Gasteiger partial charge in [0.1, 0.15) is 11.8 Å². The van der Waals surface area contributed by atoms with Crippen LogP contribution >= 0.6 is 0 Å². The van der Waals surface area contributed by atoms with Crippen molar-refractivity contribution >= 4 is 11.8 Å². The van der Waals surface area contributed by atoms with Crippen molar-refractivity contribution in [3.63, 3.8) is 0 Å². The highest BCUT2D eigenvalue weighted by Crippen LogP contribution is 2.18. The number of nitrogens with one attached hydrogen (secondary N) is 1. The van der Waals surface area contributed by atoms with E-state index in [0.29, 0.717) is 25.3 Å². The molecule has 1 unspecified atom stereocenters. The normalized spacial score (nSPS) is 11.5. The Morgan fingerprint density at radius 1 is 0.853 bits per heavy atom. The molecule has 5 nitrogen and oxygen atoms in total. The zero-order valence-electron chi connectivity index (χ0n) is 20.5. The molecule has 0 aliphatic rings. The van der Waals surface area contributed by atoms with Crippen LogP contribution in [0.2, 0.25) is 0 Å². The molecule has 0 aliphatic carbocycles. The molecule has 0 aliphatic heterocycles. The minimum Gasteiger partial charge on any atom is -0.484 e. The van der Waals surface area contributed by atoms with Gasteiger partial charge in [0.25, 0.3) is 5.91 Å². The standard InChI is InChI=1S/C29H34N2O3/c1-5-30-29(33)27(18-24-9-7-6-8-10-24)31(19-25-13-11-21(2)12-14-25)28(32)20-34-26-16-22(3)15-23(4)17-26/h6-17,27H,5,18-20H2,1-4H3,(H,30,33). The number of hydrogen-bond acceptors (Lipinski definition) is 3. The molecule has 0 fully saturated rings. The maximum Gasteiger partial charge on any atom is 0.261 e. The van der Waals surface area contributed by atoms with Crippen LogP contribution in [0.15, 0.2) is 72.8 Å². The van der Waals surface area contributed by atoms with E-state index in [1.807, 2.05) is 94.4 Å². The van der Waals surface area contributed by atoms with Gasteiger partial charge in [0.15, 0.2) is 6.61 Å². The molecule has 178 valence electrons. The monoisotopic (exact) mass is 458 g/mol. The molecule has 1 atom stereocenters. The van der Waals surface area contributed by atoms with Crippen LogP contribution in [-0.2, 0) is 22.6 Å². The molecule has 3 aromatic rings. The van der Waals surface area contributed by atoms with Gasteiger partial charge in [0, 0.05) is 19.5 Å². The van der Waals surface area contributed by atoms with Gasteiger partial charge in [0.2, 0.25) is 5.91 Å². The lowest BCUT2D eigenvalue weighted by molar-refractivity contribution is -0.142. The van der Waals surface area contributed by atoms with Crippen LogP contribution in [0.4, 0.5) is 0 Å². The number of amides is 2. The number of ether oxygens (including phenoxy) is 1. The van der Waals surface area contributed by atoms with Crippen molar-refractivity contribution in [1.29, 1.82) is 0 Å². The first-order valence-corrected chi connectivity index (χ1v) is 11.7. The highest BCUT2D eigenvalue weighted by molar-refractivity contribution is 5.88. The lowest BCUT2D eigenvalue weighted by Gasteiger charge is -2.31. The number of carbonyl (C=O) groups excluding carboxylic acids is 2. The van der Waals surface area contributed by atoms with Gasteiger partial charge in [-0.2, -0.15) is 0 Å². The summed E-state index contributed by atoms with van der Waals surface area (Å²) in [6.45, 7) is 8.58. The molecule has 1 N–H and O–H groups in total. The number of hydrogen-bond donors (Lipinski definition) is 1. The van der Waals surface area contributed by atoms with Crippen molar-refractivity contribution in [3.8, 4) is 5.75 Å². The molecule has 0 spiro atoms. The summed E-state index contributed by atoms with van der Waals surface area (Å²) in [4.78, 5) is 28.3. The maximum atomic E-state index is 13.5. The second-order valence-corrected chi connectivity index (χ2v) is 8.72. The fourth-order valence-corrected chi connectivity index (χ4v) is 3.98. The van der Waals surface area contributed by atoms with Gasteiger partial charge in [-0.15, -0.1) is 0 Å². The third-order valence-corrected chi connectivity index (χ3v) is 5.65. The molecule has 0 bridgehead atoms. The predicted octanol–water partition coefficient (Wildman–Crippen LogP) is 4.77. The Morgan fingerprint density at radius 3 is 2.12 bits per heavy atom. The van der Waals surface area contributed by atoms with Gasteiger partial charge in [-0.3, -0.25) is 9.59 Å². The SMILES string of the molecule is CCNC(=O)C(Cc1ccccc1)N(Cc1ccc(C)cc1)C(=O)COc1cc(C)cc(C)c1. The smallest absolute Gasteiger partial charge is 0.261 e. The summed E-state index contributed by atoms with van der Waals surface area (Å²) in [5.74, 6) is 0.254. The minimum absolute atomic E-state index is 0.139. The summed E-state index contributed by atoms with van der Waals surface area (Å²) in [6, 6.07) is 23.0. The Hall–Kier alpha value is -3.60. The average Bonchev–Trinajstić information content (AvgIpc) is 2.81. The van der Waals surface area contributed by atoms with Gasteiger partial charge < -0.3 is 15.0 Å². The molecule has 34 heavy (non-hydrogen) atoms. The van der Waals surface area contributed by atoms with Crippen LogP contribution in [0.1, 0.15) is 34.7 Å². The van der Waals surface area contributed by atoms with E-state index in [-0.39, 0.29) is 18.4 Å². The number of carbonyl (C=O) groups is 2. The topological polar surface area (TPSA) is 58.6 Å². The Kier molecular flexibility index (Phi) is 8.86. The molecule has 0 heterocycles. The summed E-state index contributed by atoms with van der Waals surface area (Å²) in [6.07, 6.45) is 0.424. The second-order valence-electron chi connectivity index (χ2n) is 8.72. The quantitative estimate of drug-likeness (QED) is 0.476. The maximum absolute atomic E-state index is 13.5. The van der Waals surface area contributed by atoms with Crippen molar-refractivity contribution in [1.82, 2.24) is 10.2 Å². The zero-order chi connectivity index (χ0) is 24.5. The lowest BCUT2D eigenvalue weighted by Crippen LogP contribution is -2.51. The lowest BCUT2D eigenvalue weighted by atomic mass is 10.0. The van der Waals surface area contributed by atoms with Gasteiger partial charge in [0.05, 0.1) is 0 Å². The first-order valence-electron chi connectivity index (χ1n) is 11.7. The van der Waals surface area contributed by atoms with Gasteiger partial charge >= 0.3 is 0 Å². The molecular formula is C29H34N2O3. The summed E-state index contributed by atoms with van der Waals surface area (Å²) in [5.41, 5.74) is 5.25. The van der Waals surface area contributed by atoms with Crippen LogP contribution in [0.5, 0.6) is 5.75 Å². The number of nitrogens with zero attached hydrogens (tertiary/aromatic N) is 1. The number of likely N-dealkylation sites (N-methyl/N-ethyl adjacent to an activating group) is 1. The number of rotatable bonds is 10. The van der Waals surface area contributed by atoms with E-state index < -0.39 is 6.04 Å². The third kappa shape index (κ3) is 7.20. The van der Waals surface area contributed by atoms with Gasteiger partial charge in [-0.05, 0) is 62.1 Å². The van der Waals surface area contributed by atoms with Crippen molar-refractivity contribution in [2.75, 3.05) is 13.2 Å². The van der Waals surface area contributed by atoms with Crippen molar-refractivity contribution < 1.29 is 14.3 Å². The number of aryl methyl sites for hydroxylation is 3. The first kappa shape index (κ1) is 25.0. The van der Waals surface area contributed by atoms with Crippen LogP contribution in [0.25, 0.3) is 0 Å². The Morgan fingerprint density at radius 2 is 1.50 bits per heavy atom. The fraction of sp³-hybridized carbons (Fsp3) is 0.310. The molecule has 0 radical (unpaired) electrons. The summed E-state index contributed by atoms with van der Waals surface area (Å²) < 4.78 is 5.88. The van der Waals surface area contributed by atoms with Crippen LogP contribution in [0, 0.1) is 20.8 Å². The molecule has 0 aromatic heterocycles. The van der Waals surface area contributed by atoms with Crippen molar-refractivity contribution in [3.05, 3.63) is 101 Å². The van der Waals surface area contributed by atoms with E-state index in [9.17, 15) is 9.59 Å². The molecule has 5 heteroatoms. The summed E-state index contributed by atoms with van der Waals surface area (Å²) >= 11 is 0. The Balaban J connectivity index is 1.89. The largest absolute Gasteiger partial charge is 0.484 e. The van der Waals surface area contributed by atoms with E-state index in [2.05, 4.69) is 11.4 Å². The molecule has 3 rings (SSSR count). The van der Waals surface area contributed by atoms with E-state index in [0.717, 1.165) is 27.8 Å². The third-order valence-electron chi connectivity index (χ3n) is 5.65. The van der Waals surface area contributed by atoms with Crippen LogP contribution in [-0.4, -0.2) is 35.9 Å². The van der Waals surface area contributed by atoms with E-state index in [1.165, 1.54) is 0 Å². The molecule has 3 aromatic carbocycles. The predicted molar refractivity (Wildman–Crippen MR) is 136 cm³/mol. The molecule has 0 saturated carbocycles. The van der Waals surface area contributed by atoms with E-state index in [1.54, 1.807) is 4.90 Å². The van der Waals surface area contributed by atoms with Crippen LogP contribution in [0.3, 0.4) is 0 Å². The average molecular weight is 459 g/mol. The van der Waals surface area contributed by atoms with E-state index >= 15 is 0 Å². The molecule has 2 amide bonds. The molecule has 0 saturated heterocycles. The van der Waals surface area contributed by atoms with Crippen LogP contribution < -0.4 is 10.1 Å². The highest BCUT2D eigenvalue weighted by atomic mass is 16.5. The van der Waals surface area contributed by atoms with Gasteiger partial charge in [-0.1, -0.05) is 66.2 Å². The van der Waals surface area contributed by atoms with Gasteiger partial charge in [-0.25, -0.2) is 0 Å². The first-order chi connectivity index (χ1) is 16.4. The highest BCUT2D eigenvalue weighted by Gasteiger charge is 2.30. The van der Waals surface area contributed by atoms with E-state index in [4.69, 9.17) is 4.74 Å². The van der Waals surface area contributed by atoms with Crippen molar-refractivity contribution in [2.45, 2.75) is 46.7 Å². The summed E-state index contributed by atoms with van der Waals surface area (Å²) in [5, 5.41) is 2.91. The zero-order valence-corrected chi connectivity index (χ0v) is 20.5. The van der Waals surface area contributed by atoms with Crippen molar-refractivity contribution in [2.24, 2.45) is 0 Å². The summed E-state index contributed by atoms with van der Waals surface area (Å²) in [7, 11) is 0.